The van der Waals surface area contributed by atoms with Crippen LogP contribution in [0.3, 0.4) is 0 Å². The van der Waals surface area contributed by atoms with Gasteiger partial charge in [-0.25, -0.2) is 8.42 Å². The number of sulfone groups is 1. The van der Waals surface area contributed by atoms with Gasteiger partial charge in [-0.2, -0.15) is 0 Å². The van der Waals surface area contributed by atoms with Gasteiger partial charge in [-0.15, -0.1) is 0 Å². The number of benzene rings is 1. The lowest BCUT2D eigenvalue weighted by Gasteiger charge is -2.31. The molecule has 0 aliphatic carbocycles. The SMILES string of the molecule is CCNC(c1cc2cccc(C)c2o1)C(C)(C)S(C)(=O)=O. The van der Waals surface area contributed by atoms with Crippen molar-refractivity contribution >= 4 is 20.8 Å². The first kappa shape index (κ1) is 16.0. The summed E-state index contributed by atoms with van der Waals surface area (Å²) in [5.74, 6) is 0.663. The van der Waals surface area contributed by atoms with E-state index in [4.69, 9.17) is 4.42 Å². The van der Waals surface area contributed by atoms with Crippen LogP contribution in [0.25, 0.3) is 11.0 Å². The second kappa shape index (κ2) is 5.46. The Morgan fingerprint density at radius 2 is 2.00 bits per heavy atom. The van der Waals surface area contributed by atoms with Gasteiger partial charge < -0.3 is 9.73 Å². The third-order valence-corrected chi connectivity index (χ3v) is 6.25. The Morgan fingerprint density at radius 1 is 1.33 bits per heavy atom. The molecule has 0 bridgehead atoms. The van der Waals surface area contributed by atoms with Crippen molar-refractivity contribution in [3.05, 3.63) is 35.6 Å². The van der Waals surface area contributed by atoms with Crippen LogP contribution in [0.4, 0.5) is 0 Å². The van der Waals surface area contributed by atoms with Gasteiger partial charge in [0.1, 0.15) is 11.3 Å². The van der Waals surface area contributed by atoms with Crippen molar-refractivity contribution in [1.29, 1.82) is 0 Å². The highest BCUT2D eigenvalue weighted by Gasteiger charge is 2.41. The summed E-state index contributed by atoms with van der Waals surface area (Å²) in [6, 6.07) is 7.49. The largest absolute Gasteiger partial charge is 0.459 e. The minimum Gasteiger partial charge on any atom is -0.459 e. The lowest BCUT2D eigenvalue weighted by Crippen LogP contribution is -2.44. The lowest BCUT2D eigenvalue weighted by molar-refractivity contribution is 0.367. The van der Waals surface area contributed by atoms with E-state index >= 15 is 0 Å². The van der Waals surface area contributed by atoms with Crippen molar-refractivity contribution in [3.8, 4) is 0 Å². The van der Waals surface area contributed by atoms with Crippen molar-refractivity contribution in [2.24, 2.45) is 0 Å². The Balaban J connectivity index is 2.58. The number of aryl methyl sites for hydroxylation is 1. The second-order valence-corrected chi connectivity index (χ2v) is 8.60. The molecule has 5 heteroatoms. The molecule has 0 radical (unpaired) electrons. The average Bonchev–Trinajstić information content (AvgIpc) is 2.79. The summed E-state index contributed by atoms with van der Waals surface area (Å²) in [5, 5.41) is 4.25. The molecule has 1 N–H and O–H groups in total. The van der Waals surface area contributed by atoms with E-state index in [0.717, 1.165) is 16.5 Å². The van der Waals surface area contributed by atoms with E-state index in [1.54, 1.807) is 13.8 Å². The van der Waals surface area contributed by atoms with Gasteiger partial charge in [-0.1, -0.05) is 25.1 Å². The number of hydrogen-bond acceptors (Lipinski definition) is 4. The molecule has 1 unspecified atom stereocenters. The van der Waals surface area contributed by atoms with Crippen molar-refractivity contribution in [1.82, 2.24) is 5.32 Å². The molecule has 0 spiro atoms. The molecule has 4 nitrogen and oxygen atoms in total. The molecule has 116 valence electrons. The zero-order valence-electron chi connectivity index (χ0n) is 13.2. The van der Waals surface area contributed by atoms with Gasteiger partial charge in [0.2, 0.25) is 0 Å². The highest BCUT2D eigenvalue weighted by Crippen LogP contribution is 2.35. The summed E-state index contributed by atoms with van der Waals surface area (Å²) < 4.78 is 29.3. The molecule has 0 saturated carbocycles. The number of furan rings is 1. The zero-order valence-corrected chi connectivity index (χ0v) is 14.0. The third-order valence-electron chi connectivity index (χ3n) is 4.10. The molecule has 0 saturated heterocycles. The highest BCUT2D eigenvalue weighted by molar-refractivity contribution is 7.92. The monoisotopic (exact) mass is 309 g/mol. The molecule has 1 aromatic heterocycles. The maximum absolute atomic E-state index is 12.1. The Bertz CT molecular complexity index is 744. The number of nitrogens with one attached hydrogen (secondary N) is 1. The molecule has 0 fully saturated rings. The first-order chi connectivity index (χ1) is 9.68. The third kappa shape index (κ3) is 2.85. The number of para-hydroxylation sites is 1. The van der Waals surface area contributed by atoms with Gasteiger partial charge in [-0.05, 0) is 38.9 Å². The summed E-state index contributed by atoms with van der Waals surface area (Å²) in [5.41, 5.74) is 1.87. The van der Waals surface area contributed by atoms with Crippen LogP contribution in [0.2, 0.25) is 0 Å². The number of rotatable bonds is 5. The van der Waals surface area contributed by atoms with Crippen LogP contribution in [0.15, 0.2) is 28.7 Å². The van der Waals surface area contributed by atoms with Gasteiger partial charge in [0.05, 0.1) is 10.8 Å². The standard InChI is InChI=1S/C16H23NO3S/c1-6-17-15(16(3,4)21(5,18)19)13-10-12-9-7-8-11(2)14(12)20-13/h7-10,15,17H,6H2,1-5H3. The predicted molar refractivity (Wildman–Crippen MR) is 86.3 cm³/mol. The predicted octanol–water partition coefficient (Wildman–Crippen LogP) is 3.22. The van der Waals surface area contributed by atoms with Crippen molar-refractivity contribution in [2.75, 3.05) is 12.8 Å². The molecule has 0 amide bonds. The first-order valence-electron chi connectivity index (χ1n) is 7.10. The van der Waals surface area contributed by atoms with E-state index in [-0.39, 0.29) is 6.04 Å². The Morgan fingerprint density at radius 3 is 2.52 bits per heavy atom. The van der Waals surface area contributed by atoms with E-state index in [1.165, 1.54) is 6.26 Å². The lowest BCUT2D eigenvalue weighted by atomic mass is 10.0. The zero-order chi connectivity index (χ0) is 15.8. The van der Waals surface area contributed by atoms with Crippen LogP contribution >= 0.6 is 0 Å². The molecular weight excluding hydrogens is 286 g/mol. The molecule has 21 heavy (non-hydrogen) atoms. The highest BCUT2D eigenvalue weighted by atomic mass is 32.2. The van der Waals surface area contributed by atoms with Crippen molar-refractivity contribution in [2.45, 2.75) is 38.5 Å². The van der Waals surface area contributed by atoms with E-state index in [2.05, 4.69) is 5.32 Å². The number of fused-ring (bicyclic) bond motifs is 1. The molecular formula is C16H23NO3S. The minimum atomic E-state index is -3.24. The minimum absolute atomic E-state index is 0.385. The Labute approximate surface area is 126 Å². The summed E-state index contributed by atoms with van der Waals surface area (Å²) >= 11 is 0. The molecule has 0 aliphatic rings. The smallest absolute Gasteiger partial charge is 0.154 e. The Kier molecular flexibility index (Phi) is 4.17. The summed E-state index contributed by atoms with van der Waals surface area (Å²) in [7, 11) is -3.24. The molecule has 2 rings (SSSR count). The maximum Gasteiger partial charge on any atom is 0.154 e. The van der Waals surface area contributed by atoms with Gasteiger partial charge in [0.15, 0.2) is 9.84 Å². The van der Waals surface area contributed by atoms with E-state index in [9.17, 15) is 8.42 Å². The van der Waals surface area contributed by atoms with E-state index < -0.39 is 14.6 Å². The molecule has 1 aromatic carbocycles. The normalized spacial score (nSPS) is 14.5. The molecule has 2 aromatic rings. The van der Waals surface area contributed by atoms with Crippen LogP contribution in [-0.2, 0) is 9.84 Å². The Hall–Kier alpha value is -1.33. The fourth-order valence-corrected chi connectivity index (χ4v) is 3.11. The first-order valence-corrected chi connectivity index (χ1v) is 8.99. The second-order valence-electron chi connectivity index (χ2n) is 6.01. The quantitative estimate of drug-likeness (QED) is 0.921. The molecule has 0 aliphatic heterocycles. The fourth-order valence-electron chi connectivity index (χ4n) is 2.48. The number of hydrogen-bond donors (Lipinski definition) is 1. The van der Waals surface area contributed by atoms with E-state index in [0.29, 0.717) is 12.3 Å². The van der Waals surface area contributed by atoms with Crippen LogP contribution in [0.5, 0.6) is 0 Å². The van der Waals surface area contributed by atoms with E-state index in [1.807, 2.05) is 38.1 Å². The summed E-state index contributed by atoms with van der Waals surface area (Å²) in [6.07, 6.45) is 1.27. The maximum atomic E-state index is 12.1. The van der Waals surface area contributed by atoms with Gasteiger partial charge >= 0.3 is 0 Å². The van der Waals surface area contributed by atoms with Gasteiger partial charge in [-0.3, -0.25) is 0 Å². The molecule has 1 atom stereocenters. The molecule has 1 heterocycles. The van der Waals surface area contributed by atoms with Crippen LogP contribution in [-0.4, -0.2) is 26.0 Å². The summed E-state index contributed by atoms with van der Waals surface area (Å²) in [4.78, 5) is 0. The van der Waals surface area contributed by atoms with Crippen LogP contribution in [0, 0.1) is 6.92 Å². The van der Waals surface area contributed by atoms with Crippen molar-refractivity contribution in [3.63, 3.8) is 0 Å². The van der Waals surface area contributed by atoms with Gasteiger partial charge in [0.25, 0.3) is 0 Å². The topological polar surface area (TPSA) is 59.3 Å². The van der Waals surface area contributed by atoms with Gasteiger partial charge in [0, 0.05) is 11.6 Å². The van der Waals surface area contributed by atoms with Crippen LogP contribution in [0.1, 0.15) is 38.1 Å². The van der Waals surface area contributed by atoms with Crippen LogP contribution < -0.4 is 5.32 Å². The average molecular weight is 309 g/mol. The summed E-state index contributed by atoms with van der Waals surface area (Å²) in [6.45, 7) is 8.07. The fraction of sp³-hybridized carbons (Fsp3) is 0.500. The van der Waals surface area contributed by atoms with Crippen molar-refractivity contribution < 1.29 is 12.8 Å².